The van der Waals surface area contributed by atoms with Gasteiger partial charge in [0, 0.05) is 29.7 Å². The molecule has 33 heavy (non-hydrogen) atoms. The summed E-state index contributed by atoms with van der Waals surface area (Å²) in [5.41, 5.74) is 9.40. The van der Waals surface area contributed by atoms with E-state index in [-0.39, 0.29) is 5.56 Å². The molecule has 0 atom stereocenters. The molecule has 0 aliphatic carbocycles. The smallest absolute Gasteiger partial charge is 0.249 e. The number of nitrogens with zero attached hydrogens (tertiary/aromatic N) is 3. The summed E-state index contributed by atoms with van der Waals surface area (Å²) in [6.07, 6.45) is 1.59. The maximum atomic E-state index is 14.7. The number of carbonyl (C=O) groups is 1. The van der Waals surface area contributed by atoms with E-state index in [4.69, 9.17) is 15.2 Å². The Hall–Kier alpha value is -3.98. The summed E-state index contributed by atoms with van der Waals surface area (Å²) in [5.74, 6) is -0.627. The minimum absolute atomic E-state index is 0.255. The average molecular weight is 447 g/mol. The van der Waals surface area contributed by atoms with E-state index in [0.717, 1.165) is 5.69 Å². The Kier molecular flexibility index (Phi) is 5.39. The quantitative estimate of drug-likeness (QED) is 0.486. The Morgan fingerprint density at radius 2 is 1.97 bits per heavy atom. The molecule has 1 aliphatic heterocycles. The zero-order valence-electron chi connectivity index (χ0n) is 18.0. The molecule has 1 aliphatic rings. The van der Waals surface area contributed by atoms with Gasteiger partial charge in [-0.25, -0.2) is 4.39 Å². The van der Waals surface area contributed by atoms with Crippen LogP contribution in [0, 0.1) is 5.82 Å². The van der Waals surface area contributed by atoms with Crippen LogP contribution in [0.2, 0.25) is 0 Å². The number of nitrogens with one attached hydrogen (secondary N) is 1. The number of carbonyl (C=O) groups excluding carboxylic acids is 1. The molecule has 2 aromatic carbocycles. The van der Waals surface area contributed by atoms with Crippen LogP contribution in [0.15, 0.2) is 48.7 Å². The molecule has 0 radical (unpaired) electrons. The molecular weight excluding hydrogens is 425 g/mol. The molecule has 0 bridgehead atoms. The molecule has 5 rings (SSSR count). The summed E-state index contributed by atoms with van der Waals surface area (Å²) in [6.45, 7) is 2.53. The molecule has 0 unspecified atom stereocenters. The summed E-state index contributed by atoms with van der Waals surface area (Å²) in [4.78, 5) is 18.9. The van der Waals surface area contributed by atoms with E-state index in [0.29, 0.717) is 65.5 Å². The van der Waals surface area contributed by atoms with E-state index >= 15 is 0 Å². The van der Waals surface area contributed by atoms with Gasteiger partial charge in [0.15, 0.2) is 0 Å². The zero-order chi connectivity index (χ0) is 22.9. The Labute approximate surface area is 189 Å². The number of pyridine rings is 1. The van der Waals surface area contributed by atoms with Crippen LogP contribution in [0.3, 0.4) is 0 Å². The number of aromatic amines is 1. The van der Waals surface area contributed by atoms with Gasteiger partial charge in [-0.3, -0.25) is 14.9 Å². The molecule has 2 aromatic heterocycles. The van der Waals surface area contributed by atoms with Gasteiger partial charge in [-0.2, -0.15) is 5.10 Å². The first-order valence-electron chi connectivity index (χ1n) is 10.5. The number of anilines is 1. The van der Waals surface area contributed by atoms with E-state index in [1.807, 2.05) is 6.07 Å². The van der Waals surface area contributed by atoms with Crippen molar-refractivity contribution in [3.05, 3.63) is 60.0 Å². The van der Waals surface area contributed by atoms with Crippen molar-refractivity contribution in [3.63, 3.8) is 0 Å². The lowest BCUT2D eigenvalue weighted by molar-refractivity contribution is 0.100. The van der Waals surface area contributed by atoms with Crippen LogP contribution in [-0.2, 0) is 4.74 Å². The van der Waals surface area contributed by atoms with E-state index in [1.54, 1.807) is 36.5 Å². The van der Waals surface area contributed by atoms with Crippen LogP contribution < -0.4 is 15.4 Å². The summed E-state index contributed by atoms with van der Waals surface area (Å²) in [5, 5.41) is 8.17. The summed E-state index contributed by atoms with van der Waals surface area (Å²) >= 11 is 0. The Balaban J connectivity index is 1.74. The topological polar surface area (TPSA) is 106 Å². The molecule has 3 N–H and O–H groups in total. The molecule has 9 heteroatoms. The van der Waals surface area contributed by atoms with Crippen molar-refractivity contribution in [1.82, 2.24) is 15.2 Å². The van der Waals surface area contributed by atoms with Gasteiger partial charge in [0.25, 0.3) is 0 Å². The Morgan fingerprint density at radius 1 is 1.18 bits per heavy atom. The lowest BCUT2D eigenvalue weighted by Crippen LogP contribution is -2.36. The molecule has 168 valence electrons. The number of rotatable bonds is 5. The highest BCUT2D eigenvalue weighted by Crippen LogP contribution is 2.39. The number of aromatic nitrogens is 3. The number of primary amides is 1. The first-order valence-corrected chi connectivity index (χ1v) is 10.5. The molecule has 1 saturated heterocycles. The second kappa shape index (κ2) is 8.51. The van der Waals surface area contributed by atoms with Crippen LogP contribution in [0.5, 0.6) is 5.75 Å². The number of morpholine rings is 1. The van der Waals surface area contributed by atoms with Gasteiger partial charge in [0.2, 0.25) is 5.91 Å². The highest BCUT2D eigenvalue weighted by Gasteiger charge is 2.24. The van der Waals surface area contributed by atoms with Crippen LogP contribution in [0.25, 0.3) is 33.4 Å². The van der Waals surface area contributed by atoms with Crippen molar-refractivity contribution in [2.75, 3.05) is 38.3 Å². The number of methoxy groups -OCH3 is 1. The number of hydrogen-bond acceptors (Lipinski definition) is 6. The molecule has 4 aromatic rings. The van der Waals surface area contributed by atoms with Gasteiger partial charge in [0.1, 0.15) is 17.3 Å². The van der Waals surface area contributed by atoms with Crippen molar-refractivity contribution in [2.45, 2.75) is 0 Å². The molecule has 0 spiro atoms. The second-order valence-electron chi connectivity index (χ2n) is 7.67. The van der Waals surface area contributed by atoms with E-state index < -0.39 is 11.7 Å². The summed E-state index contributed by atoms with van der Waals surface area (Å²) in [6, 6.07) is 11.8. The van der Waals surface area contributed by atoms with E-state index in [1.165, 1.54) is 13.2 Å². The van der Waals surface area contributed by atoms with E-state index in [2.05, 4.69) is 20.1 Å². The third-order valence-electron chi connectivity index (χ3n) is 5.80. The fourth-order valence-corrected chi connectivity index (χ4v) is 4.23. The lowest BCUT2D eigenvalue weighted by Gasteiger charge is -2.31. The number of H-pyrrole nitrogens is 1. The molecule has 3 heterocycles. The molecule has 8 nitrogen and oxygen atoms in total. The first-order chi connectivity index (χ1) is 16.1. The maximum absolute atomic E-state index is 14.7. The zero-order valence-corrected chi connectivity index (χ0v) is 18.0. The van der Waals surface area contributed by atoms with Gasteiger partial charge in [-0.05, 0) is 30.3 Å². The first kappa shape index (κ1) is 20.9. The van der Waals surface area contributed by atoms with Gasteiger partial charge >= 0.3 is 0 Å². The molecule has 1 amide bonds. The third-order valence-corrected chi connectivity index (χ3v) is 5.80. The fraction of sp³-hybridized carbons (Fsp3) is 0.208. The maximum Gasteiger partial charge on any atom is 0.249 e. The SMILES string of the molecule is COc1cccc(F)c1-c1cc2c(-c3c(C(N)=O)cccc3N3CCOCC3)n[nH]c2cn1. The number of fused-ring (bicyclic) bond motifs is 1. The average Bonchev–Trinajstić information content (AvgIpc) is 3.26. The fourth-order valence-electron chi connectivity index (χ4n) is 4.23. The number of amides is 1. The number of halogens is 1. The van der Waals surface area contributed by atoms with Crippen LogP contribution in [-0.4, -0.2) is 54.5 Å². The minimum atomic E-state index is -0.554. The molecule has 0 saturated carbocycles. The van der Waals surface area contributed by atoms with Crippen LogP contribution >= 0.6 is 0 Å². The summed E-state index contributed by atoms with van der Waals surface area (Å²) in [7, 11) is 1.48. The Bertz CT molecular complexity index is 1350. The lowest BCUT2D eigenvalue weighted by atomic mass is 9.97. The predicted molar refractivity (Wildman–Crippen MR) is 123 cm³/mol. The third kappa shape index (κ3) is 3.66. The standard InChI is InChI=1S/C24H22FN5O3/c1-32-20-7-3-5-16(25)22(20)17-12-15-18(13-27-17)28-29-23(15)21-14(24(26)31)4-2-6-19(21)30-8-10-33-11-9-30/h2-7,12-13H,8-11H2,1H3,(H2,26,31)(H,28,29). The monoisotopic (exact) mass is 447 g/mol. The van der Waals surface area contributed by atoms with Gasteiger partial charge < -0.3 is 20.1 Å². The Morgan fingerprint density at radius 3 is 2.73 bits per heavy atom. The van der Waals surface area contributed by atoms with Crippen molar-refractivity contribution >= 4 is 22.5 Å². The largest absolute Gasteiger partial charge is 0.496 e. The molecule has 1 fully saturated rings. The van der Waals surface area contributed by atoms with Crippen molar-refractivity contribution in [1.29, 1.82) is 0 Å². The van der Waals surface area contributed by atoms with Gasteiger partial charge in [-0.1, -0.05) is 12.1 Å². The van der Waals surface area contributed by atoms with Gasteiger partial charge in [0.05, 0.1) is 48.9 Å². The van der Waals surface area contributed by atoms with Crippen molar-refractivity contribution in [3.8, 4) is 28.3 Å². The summed E-state index contributed by atoms with van der Waals surface area (Å²) < 4.78 is 25.6. The van der Waals surface area contributed by atoms with Crippen molar-refractivity contribution < 1.29 is 18.7 Å². The minimum Gasteiger partial charge on any atom is -0.496 e. The van der Waals surface area contributed by atoms with Gasteiger partial charge in [-0.15, -0.1) is 0 Å². The van der Waals surface area contributed by atoms with E-state index in [9.17, 15) is 9.18 Å². The molecular formula is C24H22FN5O3. The second-order valence-corrected chi connectivity index (χ2v) is 7.67. The van der Waals surface area contributed by atoms with Crippen LogP contribution in [0.1, 0.15) is 10.4 Å². The number of ether oxygens (including phenoxy) is 2. The number of nitrogens with two attached hydrogens (primary N) is 1. The van der Waals surface area contributed by atoms with Crippen molar-refractivity contribution in [2.24, 2.45) is 5.73 Å². The number of benzene rings is 2. The normalized spacial score (nSPS) is 13.9. The predicted octanol–water partition coefficient (Wildman–Crippen LogP) is 3.38. The van der Waals surface area contributed by atoms with Crippen LogP contribution in [0.4, 0.5) is 10.1 Å². The number of hydrogen-bond donors (Lipinski definition) is 2. The highest BCUT2D eigenvalue weighted by atomic mass is 19.1. The highest BCUT2D eigenvalue weighted by molar-refractivity contribution is 6.07.